The van der Waals surface area contributed by atoms with Crippen LogP contribution in [0.1, 0.15) is 22.8 Å². The Kier molecular flexibility index (Phi) is 6.23. The van der Waals surface area contributed by atoms with Crippen molar-refractivity contribution in [3.05, 3.63) is 52.5 Å². The molecule has 1 aliphatic rings. The number of nitrogens with zero attached hydrogens (tertiary/aromatic N) is 1. The summed E-state index contributed by atoms with van der Waals surface area (Å²) in [7, 11) is -3.67. The average molecular weight is 453 g/mol. The van der Waals surface area contributed by atoms with Crippen LogP contribution in [0.3, 0.4) is 0 Å². The van der Waals surface area contributed by atoms with Crippen molar-refractivity contribution in [2.45, 2.75) is 20.0 Å². The molecule has 0 saturated carbocycles. The summed E-state index contributed by atoms with van der Waals surface area (Å²) in [6.45, 7) is 3.49. The van der Waals surface area contributed by atoms with E-state index in [-0.39, 0.29) is 24.6 Å². The van der Waals surface area contributed by atoms with Crippen LogP contribution >= 0.6 is 11.6 Å². The van der Waals surface area contributed by atoms with Crippen LogP contribution in [0.2, 0.25) is 5.02 Å². The number of ether oxygens (including phenoxy) is 2. The predicted molar refractivity (Wildman–Crippen MR) is 114 cm³/mol. The van der Waals surface area contributed by atoms with Gasteiger partial charge >= 0.3 is 5.97 Å². The molecular formula is C20H21ClN2O6S. The lowest BCUT2D eigenvalue weighted by atomic mass is 10.1. The number of anilines is 2. The van der Waals surface area contributed by atoms with Crippen LogP contribution in [0, 0.1) is 6.92 Å². The van der Waals surface area contributed by atoms with Gasteiger partial charge in [-0.2, -0.15) is 0 Å². The number of halogens is 1. The van der Waals surface area contributed by atoms with Crippen LogP contribution in [0.5, 0.6) is 5.75 Å². The minimum atomic E-state index is -3.67. The number of rotatable bonds is 5. The number of benzene rings is 2. The van der Waals surface area contributed by atoms with E-state index in [1.807, 2.05) is 0 Å². The molecule has 1 heterocycles. The zero-order valence-corrected chi connectivity index (χ0v) is 18.2. The van der Waals surface area contributed by atoms with Gasteiger partial charge in [-0.3, -0.25) is 9.10 Å². The van der Waals surface area contributed by atoms with Gasteiger partial charge in [0.15, 0.2) is 6.10 Å². The highest BCUT2D eigenvalue weighted by Gasteiger charge is 2.35. The third-order valence-corrected chi connectivity index (χ3v) is 5.87. The lowest BCUT2D eigenvalue weighted by molar-refractivity contribution is -0.122. The summed E-state index contributed by atoms with van der Waals surface area (Å²) >= 11 is 5.98. The molecule has 0 bridgehead atoms. The molecule has 2 aromatic rings. The minimum Gasteiger partial charge on any atom is -0.476 e. The Morgan fingerprint density at radius 1 is 1.27 bits per heavy atom. The number of hydrogen-bond donors (Lipinski definition) is 1. The largest absolute Gasteiger partial charge is 0.476 e. The Hall–Kier alpha value is -2.78. The second kappa shape index (κ2) is 8.53. The highest BCUT2D eigenvalue weighted by atomic mass is 35.5. The molecule has 0 spiro atoms. The number of hydrogen-bond acceptors (Lipinski definition) is 6. The first kappa shape index (κ1) is 21.9. The van der Waals surface area contributed by atoms with Gasteiger partial charge in [0.05, 0.1) is 30.7 Å². The summed E-state index contributed by atoms with van der Waals surface area (Å²) in [6.07, 6.45) is -0.0515. The van der Waals surface area contributed by atoms with Crippen molar-refractivity contribution in [2.75, 3.05) is 29.0 Å². The van der Waals surface area contributed by atoms with E-state index < -0.39 is 28.0 Å². The molecule has 8 nitrogen and oxygen atoms in total. The molecule has 1 N–H and O–H groups in total. The zero-order chi connectivity index (χ0) is 22.1. The van der Waals surface area contributed by atoms with Crippen molar-refractivity contribution >= 4 is 44.9 Å². The van der Waals surface area contributed by atoms with Crippen molar-refractivity contribution in [2.24, 2.45) is 0 Å². The van der Waals surface area contributed by atoms with Crippen molar-refractivity contribution < 1.29 is 27.5 Å². The standard InChI is InChI=1S/C20H21ClN2O6S/c1-4-28-20(25)13-6-5-12(2)15(9-13)22-19(24)18-11-23(30(3,26)27)16-10-14(21)7-8-17(16)29-18/h5-10,18H,4,11H2,1-3H3,(H,22,24)/t18-/m1/s1. The second-order valence-corrected chi connectivity index (χ2v) is 9.10. The molecule has 2 aromatic carbocycles. The monoisotopic (exact) mass is 452 g/mol. The van der Waals surface area contributed by atoms with Crippen LogP contribution in [0.4, 0.5) is 11.4 Å². The van der Waals surface area contributed by atoms with Crippen LogP contribution in [-0.4, -0.2) is 45.8 Å². The smallest absolute Gasteiger partial charge is 0.338 e. The predicted octanol–water partition coefficient (Wildman–Crippen LogP) is 2.99. The summed E-state index contributed by atoms with van der Waals surface area (Å²) in [5.74, 6) is -0.822. The van der Waals surface area contributed by atoms with E-state index in [2.05, 4.69) is 5.32 Å². The summed E-state index contributed by atoms with van der Waals surface area (Å²) in [6, 6.07) is 9.33. The van der Waals surface area contributed by atoms with Gasteiger partial charge in [0.1, 0.15) is 5.75 Å². The number of carbonyl (C=O) groups excluding carboxylic acids is 2. The first-order chi connectivity index (χ1) is 14.1. The number of sulfonamides is 1. The Morgan fingerprint density at radius 3 is 2.67 bits per heavy atom. The fourth-order valence-electron chi connectivity index (χ4n) is 2.99. The molecule has 1 aliphatic heterocycles. The Balaban J connectivity index is 1.87. The maximum Gasteiger partial charge on any atom is 0.338 e. The number of fused-ring (bicyclic) bond motifs is 1. The van der Waals surface area contributed by atoms with Crippen molar-refractivity contribution in [1.29, 1.82) is 0 Å². The summed E-state index contributed by atoms with van der Waals surface area (Å²) in [4.78, 5) is 24.8. The Morgan fingerprint density at radius 2 is 2.00 bits per heavy atom. The molecule has 0 fully saturated rings. The van der Waals surface area contributed by atoms with Gasteiger partial charge < -0.3 is 14.8 Å². The van der Waals surface area contributed by atoms with Crippen LogP contribution in [0.25, 0.3) is 0 Å². The van der Waals surface area contributed by atoms with Gasteiger partial charge in [-0.1, -0.05) is 17.7 Å². The van der Waals surface area contributed by atoms with Gasteiger partial charge in [0.25, 0.3) is 5.91 Å². The maximum absolute atomic E-state index is 12.9. The first-order valence-corrected chi connectivity index (χ1v) is 11.4. The average Bonchev–Trinajstić information content (AvgIpc) is 2.68. The van der Waals surface area contributed by atoms with Crippen LogP contribution in [-0.2, 0) is 19.6 Å². The topological polar surface area (TPSA) is 102 Å². The SMILES string of the molecule is CCOC(=O)c1ccc(C)c(NC(=O)[C@H]2CN(S(C)(=O)=O)c3cc(Cl)ccc3O2)c1. The number of amides is 1. The fourth-order valence-corrected chi connectivity index (χ4v) is 4.06. The lowest BCUT2D eigenvalue weighted by Gasteiger charge is -2.34. The van der Waals surface area contributed by atoms with E-state index >= 15 is 0 Å². The van der Waals surface area contributed by atoms with E-state index in [1.165, 1.54) is 18.2 Å². The van der Waals surface area contributed by atoms with Gasteiger partial charge in [0, 0.05) is 10.7 Å². The van der Waals surface area contributed by atoms with E-state index in [0.29, 0.717) is 16.3 Å². The molecule has 0 unspecified atom stereocenters. The summed E-state index contributed by atoms with van der Waals surface area (Å²) in [5, 5.41) is 3.06. The maximum atomic E-state index is 12.9. The molecule has 0 aromatic heterocycles. The molecular weight excluding hydrogens is 432 g/mol. The normalized spacial score (nSPS) is 15.7. The molecule has 1 amide bonds. The second-order valence-electron chi connectivity index (χ2n) is 6.75. The fraction of sp³-hybridized carbons (Fsp3) is 0.300. The van der Waals surface area contributed by atoms with Gasteiger partial charge in [-0.05, 0) is 49.7 Å². The highest BCUT2D eigenvalue weighted by Crippen LogP contribution is 2.37. The Bertz CT molecular complexity index is 1100. The Labute approximate surface area is 179 Å². The van der Waals surface area contributed by atoms with E-state index in [9.17, 15) is 18.0 Å². The molecule has 0 aliphatic carbocycles. The molecule has 160 valence electrons. The lowest BCUT2D eigenvalue weighted by Crippen LogP contribution is -2.48. The van der Waals surface area contributed by atoms with E-state index in [0.717, 1.165) is 16.1 Å². The summed E-state index contributed by atoms with van der Waals surface area (Å²) < 4.78 is 36.3. The van der Waals surface area contributed by atoms with Crippen LogP contribution < -0.4 is 14.4 Å². The summed E-state index contributed by atoms with van der Waals surface area (Å²) in [5.41, 5.74) is 1.69. The van der Waals surface area contributed by atoms with Gasteiger partial charge in [0.2, 0.25) is 10.0 Å². The third kappa shape index (κ3) is 4.68. The number of esters is 1. The molecule has 1 atom stereocenters. The molecule has 10 heteroatoms. The van der Waals surface area contributed by atoms with Crippen molar-refractivity contribution in [3.63, 3.8) is 0 Å². The molecule has 0 radical (unpaired) electrons. The van der Waals surface area contributed by atoms with E-state index in [1.54, 1.807) is 32.0 Å². The van der Waals surface area contributed by atoms with Crippen molar-refractivity contribution in [1.82, 2.24) is 0 Å². The molecule has 30 heavy (non-hydrogen) atoms. The molecule has 0 saturated heterocycles. The number of carbonyl (C=O) groups is 2. The van der Waals surface area contributed by atoms with Gasteiger partial charge in [-0.15, -0.1) is 0 Å². The van der Waals surface area contributed by atoms with Crippen LogP contribution in [0.15, 0.2) is 36.4 Å². The number of aryl methyl sites for hydroxylation is 1. The van der Waals surface area contributed by atoms with Crippen molar-refractivity contribution in [3.8, 4) is 5.75 Å². The highest BCUT2D eigenvalue weighted by molar-refractivity contribution is 7.92. The van der Waals surface area contributed by atoms with E-state index in [4.69, 9.17) is 21.1 Å². The quantitative estimate of drug-likeness (QED) is 0.700. The zero-order valence-electron chi connectivity index (χ0n) is 16.6. The first-order valence-electron chi connectivity index (χ1n) is 9.12. The minimum absolute atomic E-state index is 0.214. The number of nitrogens with one attached hydrogen (secondary N) is 1. The third-order valence-electron chi connectivity index (χ3n) is 4.49. The van der Waals surface area contributed by atoms with Gasteiger partial charge in [-0.25, -0.2) is 13.2 Å². The molecule has 3 rings (SSSR count).